The first-order valence-electron chi connectivity index (χ1n) is 9.58. The summed E-state index contributed by atoms with van der Waals surface area (Å²) in [4.78, 5) is 12.6. The molecule has 0 aromatic heterocycles. The lowest BCUT2D eigenvalue weighted by Crippen LogP contribution is -2.17. The number of anilines is 1. The standard InChI is InChI=1S/C21H22F3NO5S/c1-30-19-7-5-15(31(28,29)11-12-2-4-14(26)8-12)10-17(19)21(27)25-13-3-6-18(22)16(9-13)20(23)24/h3,5-7,9-10,12,14,20,26H,2,4,8,11H2,1H3,(H,25,27)/t12?,14-/m1/s1. The molecule has 0 radical (unpaired) electrons. The Kier molecular flexibility index (Phi) is 6.90. The first kappa shape index (κ1) is 23.1. The zero-order valence-corrected chi connectivity index (χ0v) is 17.5. The normalized spacial score (nSPS) is 18.9. The number of carbonyl (C=O) groups is 1. The lowest BCUT2D eigenvalue weighted by molar-refractivity contribution is 0.102. The molecule has 0 heterocycles. The van der Waals surface area contributed by atoms with E-state index < -0.39 is 39.7 Å². The number of ether oxygens (including phenoxy) is 1. The van der Waals surface area contributed by atoms with Crippen LogP contribution in [-0.4, -0.2) is 38.4 Å². The third kappa shape index (κ3) is 5.37. The molecule has 1 aliphatic rings. The highest BCUT2D eigenvalue weighted by Crippen LogP contribution is 2.31. The van der Waals surface area contributed by atoms with Gasteiger partial charge in [-0.05, 0) is 61.6 Å². The zero-order valence-electron chi connectivity index (χ0n) is 16.6. The van der Waals surface area contributed by atoms with E-state index in [0.717, 1.165) is 24.3 Å². The highest BCUT2D eigenvalue weighted by atomic mass is 32.2. The summed E-state index contributed by atoms with van der Waals surface area (Å²) in [6.45, 7) is 0. The fourth-order valence-electron chi connectivity index (χ4n) is 3.65. The highest BCUT2D eigenvalue weighted by Gasteiger charge is 2.29. The summed E-state index contributed by atoms with van der Waals surface area (Å²) < 4.78 is 70.0. The minimum Gasteiger partial charge on any atom is -0.496 e. The number of aliphatic hydroxyl groups is 1. The van der Waals surface area contributed by atoms with Crippen LogP contribution in [0.3, 0.4) is 0 Å². The molecule has 31 heavy (non-hydrogen) atoms. The molecular weight excluding hydrogens is 435 g/mol. The van der Waals surface area contributed by atoms with Crippen LogP contribution in [0.2, 0.25) is 0 Å². The van der Waals surface area contributed by atoms with Gasteiger partial charge < -0.3 is 15.2 Å². The van der Waals surface area contributed by atoms with Crippen LogP contribution >= 0.6 is 0 Å². The predicted molar refractivity (Wildman–Crippen MR) is 108 cm³/mol. The van der Waals surface area contributed by atoms with Crippen molar-refractivity contribution in [1.29, 1.82) is 0 Å². The SMILES string of the molecule is COc1ccc(S(=O)(=O)CC2CC[C@@H](O)C2)cc1C(=O)Nc1ccc(F)c(C(F)F)c1. The topological polar surface area (TPSA) is 92.7 Å². The number of alkyl halides is 2. The number of aliphatic hydroxyl groups excluding tert-OH is 1. The second-order valence-corrected chi connectivity index (χ2v) is 9.50. The third-order valence-electron chi connectivity index (χ3n) is 5.23. The zero-order chi connectivity index (χ0) is 22.8. The van der Waals surface area contributed by atoms with Crippen LogP contribution in [0.25, 0.3) is 0 Å². The highest BCUT2D eigenvalue weighted by molar-refractivity contribution is 7.91. The number of halogens is 3. The van der Waals surface area contributed by atoms with Gasteiger partial charge in [0.2, 0.25) is 0 Å². The van der Waals surface area contributed by atoms with E-state index in [0.29, 0.717) is 19.3 Å². The van der Waals surface area contributed by atoms with Gasteiger partial charge in [-0.2, -0.15) is 0 Å². The third-order valence-corrected chi connectivity index (χ3v) is 7.11. The number of carbonyl (C=O) groups excluding carboxylic acids is 1. The molecule has 0 aliphatic heterocycles. The average molecular weight is 457 g/mol. The van der Waals surface area contributed by atoms with E-state index in [1.165, 1.54) is 19.2 Å². The number of methoxy groups -OCH3 is 1. The fourth-order valence-corrected chi connectivity index (χ4v) is 5.34. The Labute approximate surface area is 178 Å². The maximum atomic E-state index is 13.5. The molecule has 1 amide bonds. The van der Waals surface area contributed by atoms with Gasteiger partial charge in [-0.1, -0.05) is 0 Å². The molecule has 0 spiro atoms. The quantitative estimate of drug-likeness (QED) is 0.657. The average Bonchev–Trinajstić information content (AvgIpc) is 3.12. The fraction of sp³-hybridized carbons (Fsp3) is 0.381. The van der Waals surface area contributed by atoms with Gasteiger partial charge in [0, 0.05) is 5.69 Å². The number of benzene rings is 2. The molecule has 3 rings (SSSR count). The summed E-state index contributed by atoms with van der Waals surface area (Å²) >= 11 is 0. The molecule has 6 nitrogen and oxygen atoms in total. The van der Waals surface area contributed by atoms with Gasteiger partial charge in [-0.15, -0.1) is 0 Å². The smallest absolute Gasteiger partial charge is 0.266 e. The maximum absolute atomic E-state index is 13.5. The molecule has 1 unspecified atom stereocenters. The van der Waals surface area contributed by atoms with Gasteiger partial charge in [-0.3, -0.25) is 4.79 Å². The summed E-state index contributed by atoms with van der Waals surface area (Å²) in [6.07, 6.45) is -2.02. The van der Waals surface area contributed by atoms with E-state index in [2.05, 4.69) is 5.32 Å². The molecule has 2 N–H and O–H groups in total. The van der Waals surface area contributed by atoms with Gasteiger partial charge in [0.05, 0.1) is 35.0 Å². The Hall–Kier alpha value is -2.59. The van der Waals surface area contributed by atoms with E-state index in [9.17, 15) is 31.5 Å². The minimum atomic E-state index is -3.74. The number of sulfone groups is 1. The van der Waals surface area contributed by atoms with Crippen molar-refractivity contribution >= 4 is 21.4 Å². The molecule has 1 saturated carbocycles. The second-order valence-electron chi connectivity index (χ2n) is 7.47. The van der Waals surface area contributed by atoms with Crippen LogP contribution in [0.1, 0.15) is 41.6 Å². The van der Waals surface area contributed by atoms with Crippen molar-refractivity contribution in [1.82, 2.24) is 0 Å². The van der Waals surface area contributed by atoms with Crippen molar-refractivity contribution in [2.75, 3.05) is 18.2 Å². The van der Waals surface area contributed by atoms with E-state index in [-0.39, 0.29) is 33.6 Å². The van der Waals surface area contributed by atoms with Crippen molar-refractivity contribution in [2.24, 2.45) is 5.92 Å². The number of nitrogens with one attached hydrogen (secondary N) is 1. The van der Waals surface area contributed by atoms with Crippen LogP contribution in [-0.2, 0) is 9.84 Å². The van der Waals surface area contributed by atoms with Gasteiger partial charge >= 0.3 is 0 Å². The molecule has 2 atom stereocenters. The van der Waals surface area contributed by atoms with Crippen molar-refractivity contribution in [3.8, 4) is 5.75 Å². The van der Waals surface area contributed by atoms with Crippen LogP contribution in [0.15, 0.2) is 41.3 Å². The van der Waals surface area contributed by atoms with Crippen LogP contribution < -0.4 is 10.1 Å². The Bertz CT molecular complexity index is 1070. The van der Waals surface area contributed by atoms with Gasteiger partial charge in [-0.25, -0.2) is 21.6 Å². The Morgan fingerprint density at radius 1 is 1.23 bits per heavy atom. The van der Waals surface area contributed by atoms with Gasteiger partial charge in [0.15, 0.2) is 9.84 Å². The molecular formula is C21H22F3NO5S. The molecule has 2 aromatic rings. The number of hydrogen-bond acceptors (Lipinski definition) is 5. The number of rotatable bonds is 7. The summed E-state index contributed by atoms with van der Waals surface area (Å²) in [6, 6.07) is 6.56. The van der Waals surface area contributed by atoms with E-state index in [4.69, 9.17) is 4.74 Å². The molecule has 168 valence electrons. The first-order chi connectivity index (χ1) is 14.6. The summed E-state index contributed by atoms with van der Waals surface area (Å²) in [5, 5.41) is 12.0. The second kappa shape index (κ2) is 9.27. The van der Waals surface area contributed by atoms with Crippen molar-refractivity contribution in [3.05, 3.63) is 53.3 Å². The molecule has 10 heteroatoms. The van der Waals surface area contributed by atoms with Crippen molar-refractivity contribution in [3.63, 3.8) is 0 Å². The predicted octanol–water partition coefficient (Wildman–Crippen LogP) is 3.96. The molecule has 0 saturated heterocycles. The molecule has 1 aliphatic carbocycles. The van der Waals surface area contributed by atoms with Crippen LogP contribution in [0, 0.1) is 11.7 Å². The largest absolute Gasteiger partial charge is 0.496 e. The summed E-state index contributed by atoms with van der Waals surface area (Å²) in [5.74, 6) is -2.14. The maximum Gasteiger partial charge on any atom is 0.266 e. The van der Waals surface area contributed by atoms with E-state index >= 15 is 0 Å². The Morgan fingerprint density at radius 3 is 2.58 bits per heavy atom. The Morgan fingerprint density at radius 2 is 1.97 bits per heavy atom. The van der Waals surface area contributed by atoms with Crippen LogP contribution in [0.4, 0.5) is 18.9 Å². The van der Waals surface area contributed by atoms with Crippen LogP contribution in [0.5, 0.6) is 5.75 Å². The van der Waals surface area contributed by atoms with Gasteiger partial charge in [0.1, 0.15) is 11.6 Å². The number of hydrogen-bond donors (Lipinski definition) is 2. The monoisotopic (exact) mass is 457 g/mol. The lowest BCUT2D eigenvalue weighted by atomic mass is 10.1. The molecule has 0 bridgehead atoms. The van der Waals surface area contributed by atoms with Crippen molar-refractivity contribution in [2.45, 2.75) is 36.7 Å². The summed E-state index contributed by atoms with van der Waals surface area (Å²) in [7, 11) is -2.44. The van der Waals surface area contributed by atoms with Gasteiger partial charge in [0.25, 0.3) is 12.3 Å². The minimum absolute atomic E-state index is 0.0723. The van der Waals surface area contributed by atoms with E-state index in [1.807, 2.05) is 0 Å². The number of amides is 1. The lowest BCUT2D eigenvalue weighted by Gasteiger charge is -2.14. The first-order valence-corrected chi connectivity index (χ1v) is 11.2. The van der Waals surface area contributed by atoms with E-state index in [1.54, 1.807) is 0 Å². The Balaban J connectivity index is 1.86. The molecule has 1 fully saturated rings. The van der Waals surface area contributed by atoms with Crippen molar-refractivity contribution < 1.29 is 36.2 Å². The summed E-state index contributed by atoms with van der Waals surface area (Å²) in [5.41, 5.74) is -1.05. The molecule has 2 aromatic carbocycles.